The van der Waals surface area contributed by atoms with Crippen molar-refractivity contribution in [2.24, 2.45) is 11.8 Å². The number of carbonyl (C=O) groups excluding carboxylic acids is 1. The Morgan fingerprint density at radius 1 is 1.26 bits per heavy atom. The summed E-state index contributed by atoms with van der Waals surface area (Å²) in [6.45, 7) is 1.41. The van der Waals surface area contributed by atoms with Crippen LogP contribution in [-0.2, 0) is 0 Å². The summed E-state index contributed by atoms with van der Waals surface area (Å²) < 4.78 is 34.0. The van der Waals surface area contributed by atoms with Gasteiger partial charge in [0.2, 0.25) is 0 Å². The number of carbonyl (C=O) groups is 1. The number of amides is 1. The van der Waals surface area contributed by atoms with E-state index < -0.39 is 6.61 Å². The van der Waals surface area contributed by atoms with Crippen LogP contribution in [0.5, 0.6) is 11.5 Å². The minimum Gasteiger partial charge on any atom is -0.493 e. The normalized spacial score (nSPS) is 24.3. The largest absolute Gasteiger partial charge is 0.493 e. The first-order chi connectivity index (χ1) is 10.9. The molecule has 0 spiro atoms. The van der Waals surface area contributed by atoms with E-state index in [4.69, 9.17) is 4.74 Å². The molecule has 1 amide bonds. The lowest BCUT2D eigenvalue weighted by Gasteiger charge is -2.34. The molecule has 4 nitrogen and oxygen atoms in total. The van der Waals surface area contributed by atoms with Gasteiger partial charge in [-0.05, 0) is 36.5 Å². The number of hydrogen-bond acceptors (Lipinski definition) is 3. The lowest BCUT2D eigenvalue weighted by atomic mass is 9.78. The third kappa shape index (κ3) is 4.33. The van der Waals surface area contributed by atoms with E-state index >= 15 is 0 Å². The minimum atomic E-state index is -2.94. The Hall–Kier alpha value is -1.85. The third-order valence-corrected chi connectivity index (χ3v) is 4.67. The Bertz CT molecular complexity index is 551. The summed E-state index contributed by atoms with van der Waals surface area (Å²) >= 11 is 0. The number of ether oxygens (including phenoxy) is 2. The highest BCUT2D eigenvalue weighted by atomic mass is 19.3. The molecule has 0 aliphatic heterocycles. The first-order valence-corrected chi connectivity index (χ1v) is 7.86. The molecule has 1 aromatic carbocycles. The van der Waals surface area contributed by atoms with Gasteiger partial charge in [0, 0.05) is 11.6 Å². The van der Waals surface area contributed by atoms with Crippen molar-refractivity contribution in [2.75, 3.05) is 7.11 Å². The van der Waals surface area contributed by atoms with Crippen molar-refractivity contribution in [1.29, 1.82) is 0 Å². The molecule has 1 aliphatic rings. The molecule has 0 unspecified atom stereocenters. The van der Waals surface area contributed by atoms with Gasteiger partial charge in [-0.3, -0.25) is 4.79 Å². The molecule has 1 saturated carbocycles. The van der Waals surface area contributed by atoms with Crippen molar-refractivity contribution in [1.82, 2.24) is 5.32 Å². The van der Waals surface area contributed by atoms with E-state index in [1.165, 1.54) is 31.7 Å². The first kappa shape index (κ1) is 17.5. The zero-order chi connectivity index (χ0) is 17.0. The van der Waals surface area contributed by atoms with E-state index in [0.717, 1.165) is 12.8 Å². The number of methoxy groups -OCH3 is 1. The van der Waals surface area contributed by atoms with Crippen molar-refractivity contribution in [2.45, 2.75) is 45.8 Å². The monoisotopic (exact) mass is 327 g/mol. The van der Waals surface area contributed by atoms with Gasteiger partial charge in [-0.25, -0.2) is 0 Å². The van der Waals surface area contributed by atoms with Crippen molar-refractivity contribution in [3.63, 3.8) is 0 Å². The topological polar surface area (TPSA) is 47.6 Å². The van der Waals surface area contributed by atoms with Crippen LogP contribution in [0.2, 0.25) is 0 Å². The van der Waals surface area contributed by atoms with Crippen LogP contribution in [0, 0.1) is 11.8 Å². The van der Waals surface area contributed by atoms with Crippen LogP contribution in [0.1, 0.15) is 43.5 Å². The third-order valence-electron chi connectivity index (χ3n) is 4.67. The lowest BCUT2D eigenvalue weighted by Crippen LogP contribution is -2.43. The van der Waals surface area contributed by atoms with Crippen molar-refractivity contribution < 1.29 is 23.0 Å². The molecule has 1 aliphatic carbocycles. The van der Waals surface area contributed by atoms with Gasteiger partial charge in [-0.2, -0.15) is 8.78 Å². The maximum absolute atomic E-state index is 12.4. The van der Waals surface area contributed by atoms with E-state index in [1.807, 2.05) is 0 Å². The molecule has 0 radical (unpaired) electrons. The van der Waals surface area contributed by atoms with E-state index in [0.29, 0.717) is 17.4 Å². The number of hydrogen-bond donors (Lipinski definition) is 1. The van der Waals surface area contributed by atoms with E-state index in [9.17, 15) is 13.6 Å². The van der Waals surface area contributed by atoms with Gasteiger partial charge in [0.05, 0.1) is 7.11 Å². The average molecular weight is 327 g/mol. The first-order valence-electron chi connectivity index (χ1n) is 7.86. The zero-order valence-electron chi connectivity index (χ0n) is 13.6. The summed E-state index contributed by atoms with van der Waals surface area (Å²) in [6, 6.07) is 4.35. The van der Waals surface area contributed by atoms with E-state index in [-0.39, 0.29) is 23.4 Å². The molecule has 6 heteroatoms. The Kier molecular flexibility index (Phi) is 5.80. The van der Waals surface area contributed by atoms with Gasteiger partial charge in [-0.15, -0.1) is 0 Å². The molecule has 1 aromatic rings. The van der Waals surface area contributed by atoms with Gasteiger partial charge in [0.15, 0.2) is 11.5 Å². The lowest BCUT2D eigenvalue weighted by molar-refractivity contribution is -0.0512. The molecule has 23 heavy (non-hydrogen) atoms. The van der Waals surface area contributed by atoms with Crippen LogP contribution in [0.25, 0.3) is 0 Å². The fraction of sp³-hybridized carbons (Fsp3) is 0.588. The maximum atomic E-state index is 12.4. The smallest absolute Gasteiger partial charge is 0.387 e. The van der Waals surface area contributed by atoms with Gasteiger partial charge >= 0.3 is 6.61 Å². The molecule has 1 N–H and O–H groups in total. The zero-order valence-corrected chi connectivity index (χ0v) is 13.6. The highest BCUT2D eigenvalue weighted by Crippen LogP contribution is 2.31. The fourth-order valence-corrected chi connectivity index (χ4v) is 3.04. The van der Waals surface area contributed by atoms with Crippen LogP contribution in [-0.4, -0.2) is 25.7 Å². The number of benzene rings is 1. The second-order valence-corrected chi connectivity index (χ2v) is 6.09. The van der Waals surface area contributed by atoms with Crippen LogP contribution in [0.4, 0.5) is 8.78 Å². The molecule has 1 fully saturated rings. The second-order valence-electron chi connectivity index (χ2n) is 6.09. The second kappa shape index (κ2) is 7.62. The summed E-state index contributed by atoms with van der Waals surface area (Å²) in [5.41, 5.74) is 0.369. The summed E-state index contributed by atoms with van der Waals surface area (Å²) in [6.07, 6.45) is 3.24. The summed E-state index contributed by atoms with van der Waals surface area (Å²) in [5, 5.41) is 3.04. The molecular weight excluding hydrogens is 304 g/mol. The highest BCUT2D eigenvalue weighted by Gasteiger charge is 2.28. The van der Waals surface area contributed by atoms with Gasteiger partial charge < -0.3 is 14.8 Å². The fourth-order valence-electron chi connectivity index (χ4n) is 3.04. The maximum Gasteiger partial charge on any atom is 0.387 e. The predicted molar refractivity (Wildman–Crippen MR) is 83.1 cm³/mol. The number of nitrogens with one attached hydrogen (secondary N) is 1. The van der Waals surface area contributed by atoms with Gasteiger partial charge in [0.1, 0.15) is 0 Å². The van der Waals surface area contributed by atoms with E-state index in [2.05, 4.69) is 23.9 Å². The summed E-state index contributed by atoms with van der Waals surface area (Å²) in [4.78, 5) is 12.4. The standard InChI is InChI=1S/C17H23F2NO3/c1-10-5-4-6-13(11(10)2)20-16(21)12-7-8-14(23-17(18)19)15(9-12)22-3/h7-11,13,17H,4-6H2,1-3H3,(H,20,21)/t10-,11+,13-/m0/s1. The molecule has 0 saturated heterocycles. The molecule has 0 bridgehead atoms. The van der Waals surface area contributed by atoms with E-state index in [1.54, 1.807) is 0 Å². The Labute approximate surface area is 135 Å². The molecule has 0 aromatic heterocycles. The Morgan fingerprint density at radius 3 is 2.65 bits per heavy atom. The van der Waals surface area contributed by atoms with Crippen LogP contribution < -0.4 is 14.8 Å². The Balaban J connectivity index is 2.10. The SMILES string of the molecule is COc1cc(C(=O)N[C@H]2CCC[C@H](C)[C@H]2C)ccc1OC(F)F. The van der Waals surface area contributed by atoms with Crippen molar-refractivity contribution in [3.8, 4) is 11.5 Å². The molecule has 128 valence electrons. The summed E-state index contributed by atoms with van der Waals surface area (Å²) in [7, 11) is 1.35. The molecule has 3 atom stereocenters. The van der Waals surface area contributed by atoms with Crippen LogP contribution >= 0.6 is 0 Å². The van der Waals surface area contributed by atoms with Crippen molar-refractivity contribution >= 4 is 5.91 Å². The quantitative estimate of drug-likeness (QED) is 0.893. The highest BCUT2D eigenvalue weighted by molar-refractivity contribution is 5.95. The number of halogens is 2. The minimum absolute atomic E-state index is 0.0845. The average Bonchev–Trinajstić information content (AvgIpc) is 2.51. The molecule has 2 rings (SSSR count). The molecular formula is C17H23F2NO3. The number of rotatable bonds is 5. The van der Waals surface area contributed by atoms with Crippen LogP contribution in [0.3, 0.4) is 0 Å². The predicted octanol–water partition coefficient (Wildman–Crippen LogP) is 3.85. The van der Waals surface area contributed by atoms with Crippen LogP contribution in [0.15, 0.2) is 18.2 Å². The molecule has 0 heterocycles. The summed E-state index contributed by atoms with van der Waals surface area (Å²) in [5.74, 6) is 0.793. The van der Waals surface area contributed by atoms with Gasteiger partial charge in [-0.1, -0.05) is 26.7 Å². The Morgan fingerprint density at radius 2 is 2.00 bits per heavy atom. The number of alkyl halides is 2. The van der Waals surface area contributed by atoms with Crippen molar-refractivity contribution in [3.05, 3.63) is 23.8 Å². The van der Waals surface area contributed by atoms with Gasteiger partial charge in [0.25, 0.3) is 5.91 Å².